The van der Waals surface area contributed by atoms with E-state index >= 15 is 0 Å². The van der Waals surface area contributed by atoms with Gasteiger partial charge in [-0.25, -0.2) is 4.39 Å². The maximum Gasteiger partial charge on any atom is 0.316 e. The van der Waals surface area contributed by atoms with Gasteiger partial charge in [0.2, 0.25) is 11.7 Å². The van der Waals surface area contributed by atoms with E-state index in [4.69, 9.17) is 21.1 Å². The number of anilines is 2. The number of halogens is 2. The molecule has 0 aliphatic carbocycles. The van der Waals surface area contributed by atoms with Gasteiger partial charge in [-0.2, -0.15) is 4.98 Å². The van der Waals surface area contributed by atoms with E-state index < -0.39 is 11.4 Å². The van der Waals surface area contributed by atoms with E-state index in [0.717, 1.165) is 22.6 Å². The molecule has 1 N–H and O–H groups in total. The lowest BCUT2D eigenvalue weighted by Crippen LogP contribution is -2.19. The lowest BCUT2D eigenvalue weighted by atomic mass is 10.1. The van der Waals surface area contributed by atoms with E-state index in [2.05, 4.69) is 10.3 Å². The van der Waals surface area contributed by atoms with Crippen LogP contribution >= 0.6 is 11.6 Å². The molecule has 0 bridgehead atoms. The Labute approximate surface area is 179 Å². The third-order valence-electron chi connectivity index (χ3n) is 4.53. The molecule has 3 rings (SSSR count). The Morgan fingerprint density at radius 3 is 2.57 bits per heavy atom. The molecule has 0 amide bonds. The van der Waals surface area contributed by atoms with Gasteiger partial charge in [0.25, 0.3) is 0 Å². The van der Waals surface area contributed by atoms with Crippen molar-refractivity contribution in [1.82, 2.24) is 9.55 Å². The summed E-state index contributed by atoms with van der Waals surface area (Å²) in [6.45, 7) is 6.61. The van der Waals surface area contributed by atoms with Crippen LogP contribution in [0.1, 0.15) is 23.6 Å². The zero-order chi connectivity index (χ0) is 21.8. The molecule has 8 heteroatoms. The fourth-order valence-electron chi connectivity index (χ4n) is 3.09. The number of aromatic nitrogens is 2. The number of methoxy groups -OCH3 is 1. The predicted molar refractivity (Wildman–Crippen MR) is 116 cm³/mol. The Morgan fingerprint density at radius 2 is 1.90 bits per heavy atom. The first-order valence-electron chi connectivity index (χ1n) is 9.42. The first-order chi connectivity index (χ1) is 14.3. The van der Waals surface area contributed by atoms with Crippen molar-refractivity contribution in [2.75, 3.05) is 19.0 Å². The molecule has 0 atom stereocenters. The molecule has 158 valence electrons. The van der Waals surface area contributed by atoms with Gasteiger partial charge in [0, 0.05) is 10.7 Å². The molecule has 0 aliphatic heterocycles. The van der Waals surface area contributed by atoms with Gasteiger partial charge in [-0.3, -0.25) is 4.79 Å². The van der Waals surface area contributed by atoms with Crippen molar-refractivity contribution in [3.8, 4) is 11.5 Å². The standard InChI is InChI=1S/C22H23ClFN3O3/c1-5-30-19-7-13(2)18(6-14(19)3)25-22-26-21(28)20(29-4)12-27(22)11-15-8-16(23)10-17(24)9-15/h6-10,12H,5,11H2,1-4H3,(H,25,26,28). The maximum absolute atomic E-state index is 13.8. The molecule has 1 heterocycles. The van der Waals surface area contributed by atoms with Crippen LogP contribution in [-0.4, -0.2) is 23.3 Å². The van der Waals surface area contributed by atoms with Crippen LogP contribution in [0.4, 0.5) is 16.0 Å². The van der Waals surface area contributed by atoms with E-state index in [0.29, 0.717) is 23.1 Å². The molecule has 0 aliphatic rings. The largest absolute Gasteiger partial charge is 0.494 e. The van der Waals surface area contributed by atoms with Gasteiger partial charge in [-0.15, -0.1) is 0 Å². The van der Waals surface area contributed by atoms with E-state index in [1.165, 1.54) is 25.4 Å². The zero-order valence-electron chi connectivity index (χ0n) is 17.3. The van der Waals surface area contributed by atoms with Crippen molar-refractivity contribution in [2.24, 2.45) is 0 Å². The highest BCUT2D eigenvalue weighted by Gasteiger charge is 2.13. The summed E-state index contributed by atoms with van der Waals surface area (Å²) in [5.74, 6) is 0.747. The first-order valence-corrected chi connectivity index (χ1v) is 9.80. The van der Waals surface area contributed by atoms with Gasteiger partial charge in [-0.05, 0) is 67.8 Å². The molecule has 0 radical (unpaired) electrons. The number of hydrogen-bond acceptors (Lipinski definition) is 5. The van der Waals surface area contributed by atoms with Crippen LogP contribution in [-0.2, 0) is 6.54 Å². The lowest BCUT2D eigenvalue weighted by Gasteiger charge is -2.18. The fraction of sp³-hybridized carbons (Fsp3) is 0.273. The van der Waals surface area contributed by atoms with Gasteiger partial charge in [0.15, 0.2) is 0 Å². The second-order valence-corrected chi connectivity index (χ2v) is 7.27. The number of benzene rings is 2. The maximum atomic E-state index is 13.8. The molecule has 2 aromatic carbocycles. The molecule has 0 unspecified atom stereocenters. The average molecular weight is 432 g/mol. The van der Waals surface area contributed by atoms with Crippen LogP contribution in [0.5, 0.6) is 11.5 Å². The summed E-state index contributed by atoms with van der Waals surface area (Å²) < 4.78 is 26.2. The second kappa shape index (κ2) is 9.17. The monoisotopic (exact) mass is 431 g/mol. The summed E-state index contributed by atoms with van der Waals surface area (Å²) in [6, 6.07) is 8.14. The van der Waals surface area contributed by atoms with Gasteiger partial charge in [0.05, 0.1) is 26.5 Å². The number of aryl methyl sites for hydroxylation is 2. The SMILES string of the molecule is CCOc1cc(C)c(Nc2nc(=O)c(OC)cn2Cc2cc(F)cc(Cl)c2)cc1C. The third-order valence-corrected chi connectivity index (χ3v) is 4.75. The van der Waals surface area contributed by atoms with Crippen molar-refractivity contribution in [3.63, 3.8) is 0 Å². The smallest absolute Gasteiger partial charge is 0.316 e. The molecule has 6 nitrogen and oxygen atoms in total. The molecule has 0 fully saturated rings. The summed E-state index contributed by atoms with van der Waals surface area (Å²) in [5, 5.41) is 3.50. The summed E-state index contributed by atoms with van der Waals surface area (Å²) in [4.78, 5) is 16.4. The highest BCUT2D eigenvalue weighted by molar-refractivity contribution is 6.30. The van der Waals surface area contributed by atoms with E-state index in [1.54, 1.807) is 10.6 Å². The Hall–Kier alpha value is -3.06. The van der Waals surface area contributed by atoms with Gasteiger partial charge >= 0.3 is 5.56 Å². The van der Waals surface area contributed by atoms with Crippen LogP contribution in [0.3, 0.4) is 0 Å². The Morgan fingerprint density at radius 1 is 1.13 bits per heavy atom. The third kappa shape index (κ3) is 4.91. The summed E-state index contributed by atoms with van der Waals surface area (Å²) in [6.07, 6.45) is 1.53. The summed E-state index contributed by atoms with van der Waals surface area (Å²) in [5.41, 5.74) is 2.77. The topological polar surface area (TPSA) is 65.4 Å². The Balaban J connectivity index is 2.03. The minimum absolute atomic E-state index is 0.0858. The zero-order valence-corrected chi connectivity index (χ0v) is 18.0. The van der Waals surface area contributed by atoms with E-state index in [-0.39, 0.29) is 12.3 Å². The first kappa shape index (κ1) is 21.6. The van der Waals surface area contributed by atoms with Gasteiger partial charge in [0.1, 0.15) is 11.6 Å². The van der Waals surface area contributed by atoms with Crippen LogP contribution in [0.15, 0.2) is 41.3 Å². The lowest BCUT2D eigenvalue weighted by molar-refractivity contribution is 0.337. The molecule has 0 saturated carbocycles. The van der Waals surface area contributed by atoms with Crippen LogP contribution in [0.25, 0.3) is 0 Å². The number of nitrogens with one attached hydrogen (secondary N) is 1. The van der Waals surface area contributed by atoms with Crippen molar-refractivity contribution < 1.29 is 13.9 Å². The highest BCUT2D eigenvalue weighted by Crippen LogP contribution is 2.28. The number of hydrogen-bond donors (Lipinski definition) is 1. The molecule has 0 saturated heterocycles. The van der Waals surface area contributed by atoms with Gasteiger partial charge < -0.3 is 19.4 Å². The molecule has 30 heavy (non-hydrogen) atoms. The number of ether oxygens (including phenoxy) is 2. The van der Waals surface area contributed by atoms with Crippen molar-refractivity contribution in [1.29, 1.82) is 0 Å². The van der Waals surface area contributed by atoms with Crippen LogP contribution in [0.2, 0.25) is 5.02 Å². The molecular formula is C22H23ClFN3O3. The second-order valence-electron chi connectivity index (χ2n) is 6.83. The number of rotatable bonds is 7. The fourth-order valence-corrected chi connectivity index (χ4v) is 3.33. The molecule has 1 aromatic heterocycles. The van der Waals surface area contributed by atoms with Crippen LogP contribution in [0, 0.1) is 19.7 Å². The van der Waals surface area contributed by atoms with E-state index in [1.807, 2.05) is 32.9 Å². The average Bonchev–Trinajstić information content (AvgIpc) is 2.67. The van der Waals surface area contributed by atoms with Crippen LogP contribution < -0.4 is 20.3 Å². The summed E-state index contributed by atoms with van der Waals surface area (Å²) in [7, 11) is 1.40. The Kier molecular flexibility index (Phi) is 6.62. The van der Waals surface area contributed by atoms with Gasteiger partial charge in [-0.1, -0.05) is 11.6 Å². The summed E-state index contributed by atoms with van der Waals surface area (Å²) >= 11 is 5.98. The quantitative estimate of drug-likeness (QED) is 0.579. The Bertz CT molecular complexity index is 1110. The molecular weight excluding hydrogens is 409 g/mol. The molecule has 0 spiro atoms. The normalized spacial score (nSPS) is 10.7. The van der Waals surface area contributed by atoms with Crippen molar-refractivity contribution in [2.45, 2.75) is 27.3 Å². The van der Waals surface area contributed by atoms with E-state index in [9.17, 15) is 9.18 Å². The minimum atomic E-state index is -0.506. The number of nitrogens with zero attached hydrogens (tertiary/aromatic N) is 2. The highest BCUT2D eigenvalue weighted by atomic mass is 35.5. The van der Waals surface area contributed by atoms with Crippen molar-refractivity contribution >= 4 is 23.2 Å². The predicted octanol–water partition coefficient (Wildman–Crippen LogP) is 4.85. The minimum Gasteiger partial charge on any atom is -0.494 e. The molecule has 3 aromatic rings. The van der Waals surface area contributed by atoms with Crippen molar-refractivity contribution in [3.05, 3.63) is 74.4 Å².